The molecule has 0 radical (unpaired) electrons. The summed E-state index contributed by atoms with van der Waals surface area (Å²) < 4.78 is 0. The molecule has 4 N–H and O–H groups in total. The van der Waals surface area contributed by atoms with Crippen LogP contribution in [0, 0.1) is 0 Å². The molecule has 1 aliphatic rings. The third-order valence-electron chi connectivity index (χ3n) is 4.33. The lowest BCUT2D eigenvalue weighted by Gasteiger charge is -2.24. The second-order valence-electron chi connectivity index (χ2n) is 5.67. The number of aromatic nitrogens is 4. The Kier molecular flexibility index (Phi) is 2.84. The molecule has 5 nitrogen and oxygen atoms in total. The molecule has 0 saturated heterocycles. The first kappa shape index (κ1) is 12.3. The first-order valence-corrected chi connectivity index (χ1v) is 7.40. The highest BCUT2D eigenvalue weighted by Crippen LogP contribution is 2.33. The predicted molar refractivity (Wildman–Crippen MR) is 80.7 cm³/mol. The van der Waals surface area contributed by atoms with E-state index in [-0.39, 0.29) is 0 Å². The standard InChI is InChI=1S/C16H17N5/c17-15-14-16(19-9-18-14)21-13(20-15)8-11-6-3-5-10-4-1-2-7-12(10)11/h1-2,4,7,9,11H,3,5-6,8H2,(H3,17,18,19,20,21)/p+1. The number of rotatable bonds is 2. The predicted octanol–water partition coefficient (Wildman–Crippen LogP) is 2.02. The highest BCUT2D eigenvalue weighted by Gasteiger charge is 2.23. The van der Waals surface area contributed by atoms with Gasteiger partial charge in [-0.05, 0) is 36.3 Å². The van der Waals surface area contributed by atoms with Gasteiger partial charge in [-0.1, -0.05) is 29.2 Å². The van der Waals surface area contributed by atoms with Gasteiger partial charge in [0.2, 0.25) is 11.3 Å². The fourth-order valence-corrected chi connectivity index (χ4v) is 3.33. The van der Waals surface area contributed by atoms with Crippen molar-refractivity contribution in [2.75, 3.05) is 5.73 Å². The highest BCUT2D eigenvalue weighted by atomic mass is 15.0. The van der Waals surface area contributed by atoms with Gasteiger partial charge in [0.15, 0.2) is 12.1 Å². The number of nitrogen functional groups attached to an aromatic ring is 1. The van der Waals surface area contributed by atoms with Gasteiger partial charge in [-0.2, -0.15) is 4.98 Å². The minimum absolute atomic E-state index is 0.491. The summed E-state index contributed by atoms with van der Waals surface area (Å²) in [5, 5.41) is 0. The molecule has 0 fully saturated rings. The Morgan fingerprint density at radius 3 is 3.14 bits per heavy atom. The second kappa shape index (κ2) is 4.84. The smallest absolute Gasteiger partial charge is 0.305 e. The van der Waals surface area contributed by atoms with Gasteiger partial charge < -0.3 is 5.73 Å². The van der Waals surface area contributed by atoms with Crippen LogP contribution in [0.25, 0.3) is 11.2 Å². The van der Waals surface area contributed by atoms with Crippen molar-refractivity contribution in [1.29, 1.82) is 0 Å². The van der Waals surface area contributed by atoms with E-state index < -0.39 is 0 Å². The SMILES string of the molecule is Nc1nc(CC2CCCc3ccccc32)nc2[nH+]c[nH]c12. The average Bonchev–Trinajstić information content (AvgIpc) is 2.97. The van der Waals surface area contributed by atoms with Crippen LogP contribution in [-0.4, -0.2) is 15.0 Å². The maximum absolute atomic E-state index is 6.00. The molecule has 1 atom stereocenters. The molecular formula is C16H18N5+. The molecule has 0 spiro atoms. The molecule has 0 saturated carbocycles. The molecule has 3 aromatic rings. The zero-order valence-electron chi connectivity index (χ0n) is 11.8. The van der Waals surface area contributed by atoms with Crippen molar-refractivity contribution in [3.05, 3.63) is 47.5 Å². The Morgan fingerprint density at radius 2 is 2.19 bits per heavy atom. The molecule has 0 aliphatic heterocycles. The number of H-pyrrole nitrogens is 2. The first-order chi connectivity index (χ1) is 10.3. The molecule has 1 aromatic carbocycles. The lowest BCUT2D eigenvalue weighted by Crippen LogP contribution is -2.14. The molecule has 2 aromatic heterocycles. The maximum Gasteiger partial charge on any atom is 0.305 e. The van der Waals surface area contributed by atoms with E-state index in [2.05, 4.69) is 44.2 Å². The molecule has 4 rings (SSSR count). The third-order valence-corrected chi connectivity index (χ3v) is 4.33. The molecule has 5 heteroatoms. The van der Waals surface area contributed by atoms with Crippen molar-refractivity contribution in [3.8, 4) is 0 Å². The largest absolute Gasteiger partial charge is 0.380 e. The van der Waals surface area contributed by atoms with Crippen molar-refractivity contribution in [2.24, 2.45) is 0 Å². The number of aryl methyl sites for hydroxylation is 1. The highest BCUT2D eigenvalue weighted by molar-refractivity contribution is 5.78. The van der Waals surface area contributed by atoms with Crippen molar-refractivity contribution in [3.63, 3.8) is 0 Å². The van der Waals surface area contributed by atoms with Gasteiger partial charge in [-0.15, -0.1) is 0 Å². The summed E-state index contributed by atoms with van der Waals surface area (Å²) >= 11 is 0. The van der Waals surface area contributed by atoms with E-state index >= 15 is 0 Å². The summed E-state index contributed by atoms with van der Waals surface area (Å²) in [6, 6.07) is 8.72. The van der Waals surface area contributed by atoms with Crippen LogP contribution in [-0.2, 0) is 12.8 Å². The number of anilines is 1. The number of imidazole rings is 1. The van der Waals surface area contributed by atoms with E-state index in [0.29, 0.717) is 11.7 Å². The van der Waals surface area contributed by atoms with Crippen molar-refractivity contribution >= 4 is 17.0 Å². The Labute approximate surface area is 122 Å². The lowest BCUT2D eigenvalue weighted by molar-refractivity contribution is -0.347. The molecule has 1 unspecified atom stereocenters. The topological polar surface area (TPSA) is 81.7 Å². The van der Waals surface area contributed by atoms with E-state index in [9.17, 15) is 0 Å². The summed E-state index contributed by atoms with van der Waals surface area (Å²) in [6.07, 6.45) is 6.18. The molecule has 2 heterocycles. The van der Waals surface area contributed by atoms with Crippen LogP contribution >= 0.6 is 0 Å². The minimum atomic E-state index is 0.491. The number of nitrogens with two attached hydrogens (primary N) is 1. The second-order valence-corrected chi connectivity index (χ2v) is 5.67. The van der Waals surface area contributed by atoms with Crippen molar-refractivity contribution < 1.29 is 4.98 Å². The number of hydrogen-bond acceptors (Lipinski definition) is 3. The van der Waals surface area contributed by atoms with E-state index in [1.807, 2.05) is 0 Å². The Morgan fingerprint density at radius 1 is 1.29 bits per heavy atom. The number of benzene rings is 1. The number of hydrogen-bond donors (Lipinski definition) is 2. The normalized spacial score (nSPS) is 17.8. The van der Waals surface area contributed by atoms with E-state index in [0.717, 1.165) is 23.4 Å². The van der Waals surface area contributed by atoms with Crippen LogP contribution in [0.4, 0.5) is 5.82 Å². The van der Waals surface area contributed by atoms with Crippen LogP contribution in [0.3, 0.4) is 0 Å². The quantitative estimate of drug-likeness (QED) is 0.753. The third kappa shape index (κ3) is 2.14. The van der Waals surface area contributed by atoms with Crippen LogP contribution in [0.5, 0.6) is 0 Å². The summed E-state index contributed by atoms with van der Waals surface area (Å²) in [5.74, 6) is 1.82. The van der Waals surface area contributed by atoms with Gasteiger partial charge in [-0.3, -0.25) is 4.98 Å². The molecule has 0 amide bonds. The van der Waals surface area contributed by atoms with Gasteiger partial charge in [0, 0.05) is 6.42 Å². The molecule has 21 heavy (non-hydrogen) atoms. The van der Waals surface area contributed by atoms with Gasteiger partial charge in [0.25, 0.3) is 0 Å². The minimum Gasteiger partial charge on any atom is -0.380 e. The number of nitrogens with one attached hydrogen (secondary N) is 2. The van der Waals surface area contributed by atoms with E-state index in [4.69, 9.17) is 5.73 Å². The van der Waals surface area contributed by atoms with Crippen LogP contribution in [0.15, 0.2) is 30.6 Å². The molecular weight excluding hydrogens is 262 g/mol. The van der Waals surface area contributed by atoms with Crippen molar-refractivity contribution in [1.82, 2.24) is 15.0 Å². The van der Waals surface area contributed by atoms with Crippen molar-refractivity contribution in [2.45, 2.75) is 31.6 Å². The summed E-state index contributed by atoms with van der Waals surface area (Å²) in [7, 11) is 0. The first-order valence-electron chi connectivity index (χ1n) is 7.40. The Bertz CT molecular complexity index is 792. The zero-order chi connectivity index (χ0) is 14.2. The monoisotopic (exact) mass is 280 g/mol. The van der Waals surface area contributed by atoms with E-state index in [1.54, 1.807) is 6.33 Å². The summed E-state index contributed by atoms with van der Waals surface area (Å²) in [4.78, 5) is 15.1. The Balaban J connectivity index is 1.69. The number of fused-ring (bicyclic) bond motifs is 2. The van der Waals surface area contributed by atoms with Gasteiger partial charge in [0.05, 0.1) is 0 Å². The summed E-state index contributed by atoms with van der Waals surface area (Å²) in [6.45, 7) is 0. The fraction of sp³-hybridized carbons (Fsp3) is 0.312. The molecule has 0 bridgehead atoms. The van der Waals surface area contributed by atoms with Crippen LogP contribution in [0.1, 0.15) is 35.7 Å². The Hall–Kier alpha value is -2.43. The van der Waals surface area contributed by atoms with Gasteiger partial charge in [0.1, 0.15) is 0 Å². The maximum atomic E-state index is 6.00. The number of nitrogens with zero attached hydrogens (tertiary/aromatic N) is 2. The van der Waals surface area contributed by atoms with Gasteiger partial charge >= 0.3 is 5.65 Å². The fourth-order valence-electron chi connectivity index (χ4n) is 3.33. The summed E-state index contributed by atoms with van der Waals surface area (Å²) in [5.41, 5.74) is 10.5. The molecule has 106 valence electrons. The zero-order valence-corrected chi connectivity index (χ0v) is 11.8. The van der Waals surface area contributed by atoms with Crippen LogP contribution < -0.4 is 10.7 Å². The molecule has 1 aliphatic carbocycles. The van der Waals surface area contributed by atoms with Gasteiger partial charge in [-0.25, -0.2) is 4.98 Å². The lowest BCUT2D eigenvalue weighted by atomic mass is 9.81. The van der Waals surface area contributed by atoms with Crippen LogP contribution in [0.2, 0.25) is 0 Å². The van der Waals surface area contributed by atoms with E-state index in [1.165, 1.54) is 30.4 Å². The average molecular weight is 280 g/mol. The number of aromatic amines is 2.